The van der Waals surface area contributed by atoms with E-state index in [2.05, 4.69) is 15.3 Å². The molecule has 0 radical (unpaired) electrons. The first-order valence-electron chi connectivity index (χ1n) is 7.07. The fourth-order valence-electron chi connectivity index (χ4n) is 1.90. The number of hydrogen-bond donors (Lipinski definition) is 3. The number of rotatable bonds is 7. The van der Waals surface area contributed by atoms with Crippen LogP contribution in [0.5, 0.6) is 17.4 Å². The molecule has 0 aliphatic heterocycles. The van der Waals surface area contributed by atoms with Crippen molar-refractivity contribution in [2.24, 2.45) is 0 Å². The van der Waals surface area contributed by atoms with Gasteiger partial charge in [0.1, 0.15) is 11.5 Å². The van der Waals surface area contributed by atoms with Gasteiger partial charge in [-0.1, -0.05) is 23.4 Å². The molecule has 8 nitrogen and oxygen atoms in total. The zero-order chi connectivity index (χ0) is 18.4. The number of aromatic nitrogens is 2. The van der Waals surface area contributed by atoms with E-state index in [0.717, 1.165) is 17.8 Å². The molecule has 1 heterocycles. The van der Waals surface area contributed by atoms with Crippen molar-refractivity contribution in [2.45, 2.75) is 11.6 Å². The van der Waals surface area contributed by atoms with Crippen LogP contribution in [0.15, 0.2) is 28.2 Å². The molecule has 0 saturated carbocycles. The Morgan fingerprint density at radius 1 is 1.32 bits per heavy atom. The number of hydrogen-bond acceptors (Lipinski definition) is 7. The lowest BCUT2D eigenvalue weighted by molar-refractivity contribution is -0.115. The molecule has 0 bridgehead atoms. The molecule has 1 amide bonds. The van der Waals surface area contributed by atoms with Crippen LogP contribution in [-0.2, 0) is 4.79 Å². The van der Waals surface area contributed by atoms with Gasteiger partial charge in [-0.15, -0.1) is 0 Å². The summed E-state index contributed by atoms with van der Waals surface area (Å²) in [5.74, 6) is 0.569. The Balaban J connectivity index is 1.96. The Morgan fingerprint density at radius 3 is 2.68 bits per heavy atom. The average molecular weight is 386 g/mol. The first kappa shape index (κ1) is 18.9. The van der Waals surface area contributed by atoms with Gasteiger partial charge in [-0.2, -0.15) is 4.98 Å². The molecule has 0 saturated heterocycles. The zero-order valence-corrected chi connectivity index (χ0v) is 15.0. The number of nitrogens with one attached hydrogen (secondary N) is 2. The fourth-order valence-corrected chi connectivity index (χ4v) is 2.95. The minimum atomic E-state index is -0.461. The molecule has 2 rings (SSSR count). The number of methoxy groups -OCH3 is 2. The Labute approximate surface area is 152 Å². The van der Waals surface area contributed by atoms with Crippen molar-refractivity contribution < 1.29 is 19.4 Å². The molecule has 0 fully saturated rings. The third-order valence-electron chi connectivity index (χ3n) is 3.02. The highest BCUT2D eigenvalue weighted by Crippen LogP contribution is 2.35. The Morgan fingerprint density at radius 2 is 2.04 bits per heavy atom. The molecule has 0 spiro atoms. The van der Waals surface area contributed by atoms with Gasteiger partial charge >= 0.3 is 0 Å². The fraction of sp³-hybridized carbons (Fsp3) is 0.267. The molecule has 25 heavy (non-hydrogen) atoms. The highest BCUT2D eigenvalue weighted by atomic mass is 35.5. The second-order valence-corrected chi connectivity index (χ2v) is 6.23. The van der Waals surface area contributed by atoms with Crippen molar-refractivity contribution in [3.63, 3.8) is 0 Å². The first-order valence-corrected chi connectivity index (χ1v) is 8.43. The molecular weight excluding hydrogens is 370 g/mol. The number of anilines is 1. The van der Waals surface area contributed by atoms with E-state index in [0.29, 0.717) is 28.0 Å². The van der Waals surface area contributed by atoms with Crippen molar-refractivity contribution in [1.82, 2.24) is 9.97 Å². The molecule has 134 valence electrons. The van der Waals surface area contributed by atoms with Gasteiger partial charge in [0.05, 0.1) is 31.0 Å². The largest absolute Gasteiger partial charge is 0.495 e. The van der Waals surface area contributed by atoms with E-state index in [1.54, 1.807) is 12.1 Å². The van der Waals surface area contributed by atoms with Crippen LogP contribution in [0, 0.1) is 0 Å². The van der Waals surface area contributed by atoms with Crippen LogP contribution >= 0.6 is 23.4 Å². The van der Waals surface area contributed by atoms with E-state index in [1.807, 2.05) is 0 Å². The molecule has 1 aromatic carbocycles. The van der Waals surface area contributed by atoms with E-state index < -0.39 is 5.56 Å². The summed E-state index contributed by atoms with van der Waals surface area (Å²) in [7, 11) is 2.95. The van der Waals surface area contributed by atoms with E-state index >= 15 is 0 Å². The summed E-state index contributed by atoms with van der Waals surface area (Å²) in [6.45, 7) is 0. The van der Waals surface area contributed by atoms with Gasteiger partial charge in [0.15, 0.2) is 5.16 Å². The molecule has 3 N–H and O–H groups in total. The van der Waals surface area contributed by atoms with Crippen molar-refractivity contribution in [3.05, 3.63) is 33.6 Å². The first-order chi connectivity index (χ1) is 11.9. The van der Waals surface area contributed by atoms with Crippen LogP contribution in [-0.4, -0.2) is 41.0 Å². The third kappa shape index (κ3) is 5.30. The maximum atomic E-state index is 12.1. The summed E-state index contributed by atoms with van der Waals surface area (Å²) < 4.78 is 10.3. The minimum Gasteiger partial charge on any atom is -0.495 e. The number of aromatic amines is 1. The normalized spacial score (nSPS) is 10.4. The maximum absolute atomic E-state index is 12.1. The topological polar surface area (TPSA) is 114 Å². The number of amides is 1. The van der Waals surface area contributed by atoms with E-state index in [1.165, 1.54) is 14.2 Å². The van der Waals surface area contributed by atoms with Crippen molar-refractivity contribution in [1.29, 1.82) is 0 Å². The molecule has 0 unspecified atom stereocenters. The molecule has 2 aromatic rings. The second kappa shape index (κ2) is 8.63. The predicted molar refractivity (Wildman–Crippen MR) is 95.0 cm³/mol. The summed E-state index contributed by atoms with van der Waals surface area (Å²) in [5, 5.41) is 12.5. The van der Waals surface area contributed by atoms with Crippen molar-refractivity contribution in [3.8, 4) is 17.4 Å². The van der Waals surface area contributed by atoms with Gasteiger partial charge in [-0.3, -0.25) is 9.59 Å². The summed E-state index contributed by atoms with van der Waals surface area (Å²) in [5.41, 5.74) is -0.0377. The smallest absolute Gasteiger partial charge is 0.255 e. The van der Waals surface area contributed by atoms with Crippen LogP contribution in [0.2, 0.25) is 5.02 Å². The number of H-pyrrole nitrogens is 1. The van der Waals surface area contributed by atoms with Crippen LogP contribution in [0.4, 0.5) is 5.69 Å². The van der Waals surface area contributed by atoms with Gasteiger partial charge in [0.25, 0.3) is 5.56 Å². The van der Waals surface area contributed by atoms with Gasteiger partial charge in [-0.05, 0) is 6.07 Å². The monoisotopic (exact) mass is 385 g/mol. The maximum Gasteiger partial charge on any atom is 0.255 e. The van der Waals surface area contributed by atoms with E-state index in [9.17, 15) is 14.7 Å². The number of ether oxygens (including phenoxy) is 2. The number of halogens is 1. The Bertz CT molecular complexity index is 827. The number of carbonyl (C=O) groups is 1. The minimum absolute atomic E-state index is 0.150. The number of aromatic hydroxyl groups is 1. The standard InChI is InChI=1S/C15H16ClN3O5S/c1-23-10-6-11(24-2)9(5-8(10)16)17-12(20)3-4-25-15-18-13(21)7-14(22)19-15/h5-7H,3-4H2,1-2H3,(H,17,20)(H2,18,19,21,22). The lowest BCUT2D eigenvalue weighted by Crippen LogP contribution is -2.13. The molecule has 0 atom stereocenters. The summed E-state index contributed by atoms with van der Waals surface area (Å²) in [6.07, 6.45) is 0.150. The number of benzene rings is 1. The molecular formula is C15H16ClN3O5S. The van der Waals surface area contributed by atoms with Crippen molar-refractivity contribution in [2.75, 3.05) is 25.3 Å². The summed E-state index contributed by atoms with van der Waals surface area (Å²) in [6, 6.07) is 4.09. The number of nitrogens with zero attached hydrogens (tertiary/aromatic N) is 1. The number of thioether (sulfide) groups is 1. The van der Waals surface area contributed by atoms with Crippen LogP contribution < -0.4 is 20.3 Å². The Hall–Kier alpha value is -2.39. The molecule has 10 heteroatoms. The third-order valence-corrected chi connectivity index (χ3v) is 4.19. The highest BCUT2D eigenvalue weighted by molar-refractivity contribution is 7.99. The highest BCUT2D eigenvalue weighted by Gasteiger charge is 2.13. The lowest BCUT2D eigenvalue weighted by atomic mass is 10.2. The van der Waals surface area contributed by atoms with Gasteiger partial charge in [0, 0.05) is 18.2 Å². The van der Waals surface area contributed by atoms with Gasteiger partial charge in [0.2, 0.25) is 11.8 Å². The average Bonchev–Trinajstić information content (AvgIpc) is 2.54. The molecule has 0 aliphatic rings. The van der Waals surface area contributed by atoms with Crippen LogP contribution in [0.1, 0.15) is 6.42 Å². The second-order valence-electron chi connectivity index (χ2n) is 4.74. The quantitative estimate of drug-likeness (QED) is 0.494. The van der Waals surface area contributed by atoms with Crippen molar-refractivity contribution >= 4 is 35.0 Å². The predicted octanol–water partition coefficient (Wildman–Crippen LogP) is 2.27. The van der Waals surface area contributed by atoms with E-state index in [-0.39, 0.29) is 23.4 Å². The summed E-state index contributed by atoms with van der Waals surface area (Å²) >= 11 is 7.20. The SMILES string of the molecule is COc1cc(OC)c(NC(=O)CCSc2nc(O)cc(=O)[nH]2)cc1Cl. The van der Waals surface area contributed by atoms with Gasteiger partial charge in [-0.25, -0.2) is 0 Å². The van der Waals surface area contributed by atoms with Crippen LogP contribution in [0.3, 0.4) is 0 Å². The Kier molecular flexibility index (Phi) is 6.54. The van der Waals surface area contributed by atoms with Gasteiger partial charge < -0.3 is 24.9 Å². The molecule has 1 aromatic heterocycles. The molecule has 0 aliphatic carbocycles. The summed E-state index contributed by atoms with van der Waals surface area (Å²) in [4.78, 5) is 29.5. The zero-order valence-electron chi connectivity index (χ0n) is 13.5. The number of carbonyl (C=O) groups excluding carboxylic acids is 1. The van der Waals surface area contributed by atoms with E-state index in [4.69, 9.17) is 21.1 Å². The van der Waals surface area contributed by atoms with Crippen LogP contribution in [0.25, 0.3) is 0 Å². The lowest BCUT2D eigenvalue weighted by Gasteiger charge is -2.13.